The third-order valence-electron chi connectivity index (χ3n) is 3.74. The first kappa shape index (κ1) is 17.3. The predicted octanol–water partition coefficient (Wildman–Crippen LogP) is 2.32. The number of hydrogen-bond acceptors (Lipinski definition) is 4. The normalized spacial score (nSPS) is 14.0. The van der Waals surface area contributed by atoms with Crippen molar-refractivity contribution in [2.45, 2.75) is 52.2 Å². The molecule has 2 aromatic heterocycles. The first-order valence-corrected chi connectivity index (χ1v) is 7.86. The smallest absolute Gasteiger partial charge is 0.221 e. The van der Waals surface area contributed by atoms with Gasteiger partial charge in [-0.25, -0.2) is 4.98 Å². The summed E-state index contributed by atoms with van der Waals surface area (Å²) in [4.78, 5) is 16.3. The van der Waals surface area contributed by atoms with Crippen molar-refractivity contribution in [2.24, 2.45) is 0 Å². The number of imidazole rings is 1. The van der Waals surface area contributed by atoms with Crippen molar-refractivity contribution in [1.82, 2.24) is 14.9 Å². The maximum absolute atomic E-state index is 12.0. The fourth-order valence-electron chi connectivity index (χ4n) is 2.40. The molecule has 2 heterocycles. The van der Waals surface area contributed by atoms with Gasteiger partial charge in [0.2, 0.25) is 5.91 Å². The predicted molar refractivity (Wildman–Crippen MR) is 87.0 cm³/mol. The minimum absolute atomic E-state index is 0.111. The number of aromatic nitrogens is 2. The van der Waals surface area contributed by atoms with Crippen molar-refractivity contribution < 1.29 is 14.3 Å². The summed E-state index contributed by atoms with van der Waals surface area (Å²) in [5.41, 5.74) is -1.22. The highest BCUT2D eigenvalue weighted by Crippen LogP contribution is 2.22. The van der Waals surface area contributed by atoms with Crippen molar-refractivity contribution in [3.05, 3.63) is 41.9 Å². The Morgan fingerprint density at radius 3 is 2.83 bits per heavy atom. The molecule has 2 rings (SSSR count). The van der Waals surface area contributed by atoms with Gasteiger partial charge < -0.3 is 19.4 Å². The summed E-state index contributed by atoms with van der Waals surface area (Å²) in [5.74, 6) is 2.35. The molecule has 0 fully saturated rings. The van der Waals surface area contributed by atoms with Gasteiger partial charge >= 0.3 is 0 Å². The van der Waals surface area contributed by atoms with Crippen LogP contribution in [0.4, 0.5) is 0 Å². The summed E-state index contributed by atoms with van der Waals surface area (Å²) in [6.45, 7) is 8.26. The molecule has 0 bridgehead atoms. The fourth-order valence-corrected chi connectivity index (χ4v) is 2.40. The van der Waals surface area contributed by atoms with Gasteiger partial charge in [0.15, 0.2) is 0 Å². The Morgan fingerprint density at radius 2 is 2.22 bits per heavy atom. The van der Waals surface area contributed by atoms with Gasteiger partial charge in [-0.3, -0.25) is 4.79 Å². The molecule has 6 nitrogen and oxygen atoms in total. The molecule has 0 saturated heterocycles. The quantitative estimate of drug-likeness (QED) is 0.821. The molecule has 0 saturated carbocycles. The highest BCUT2D eigenvalue weighted by Gasteiger charge is 2.27. The zero-order valence-electron chi connectivity index (χ0n) is 14.2. The lowest BCUT2D eigenvalue weighted by Crippen LogP contribution is -2.38. The van der Waals surface area contributed by atoms with Crippen LogP contribution >= 0.6 is 0 Å². The Bertz CT molecular complexity index is 656. The molecule has 23 heavy (non-hydrogen) atoms. The lowest BCUT2D eigenvalue weighted by Gasteiger charge is -2.21. The van der Waals surface area contributed by atoms with Gasteiger partial charge in [-0.1, -0.05) is 13.8 Å². The van der Waals surface area contributed by atoms with Crippen LogP contribution in [0.5, 0.6) is 0 Å². The number of amides is 1. The van der Waals surface area contributed by atoms with E-state index in [4.69, 9.17) is 4.42 Å². The van der Waals surface area contributed by atoms with Crippen molar-refractivity contribution in [3.63, 3.8) is 0 Å². The van der Waals surface area contributed by atoms with Gasteiger partial charge in [-0.15, -0.1) is 0 Å². The summed E-state index contributed by atoms with van der Waals surface area (Å²) in [7, 11) is 0. The van der Waals surface area contributed by atoms with E-state index in [1.807, 2.05) is 17.7 Å². The van der Waals surface area contributed by atoms with E-state index in [0.29, 0.717) is 24.6 Å². The van der Waals surface area contributed by atoms with E-state index >= 15 is 0 Å². The molecule has 0 aliphatic rings. The topological polar surface area (TPSA) is 80.3 Å². The molecule has 2 aromatic rings. The van der Waals surface area contributed by atoms with Gasteiger partial charge in [-0.2, -0.15) is 0 Å². The molecule has 2 N–H and O–H groups in total. The molecule has 0 unspecified atom stereocenters. The standard InChI is InChI=1S/C17H25N3O3/c1-12(2)16-18-8-10-20(16)9-7-15(21)19-11-17(4,22)14-6-5-13(3)23-14/h5-6,8,10,12,22H,7,9,11H2,1-4H3,(H,19,21)/t17-/m1/s1. The fraction of sp³-hybridized carbons (Fsp3) is 0.529. The highest BCUT2D eigenvalue weighted by atomic mass is 16.4. The summed E-state index contributed by atoms with van der Waals surface area (Å²) >= 11 is 0. The first-order valence-electron chi connectivity index (χ1n) is 7.86. The van der Waals surface area contributed by atoms with E-state index in [2.05, 4.69) is 24.1 Å². The average molecular weight is 319 g/mol. The number of aliphatic hydroxyl groups is 1. The number of rotatable bonds is 7. The van der Waals surface area contributed by atoms with Gasteiger partial charge in [0.05, 0.1) is 6.54 Å². The molecule has 0 radical (unpaired) electrons. The SMILES string of the molecule is Cc1ccc([C@](C)(O)CNC(=O)CCn2ccnc2C(C)C)o1. The molecular weight excluding hydrogens is 294 g/mol. The summed E-state index contributed by atoms with van der Waals surface area (Å²) in [6, 6.07) is 3.51. The van der Waals surface area contributed by atoms with Crippen LogP contribution in [0.1, 0.15) is 50.5 Å². The molecule has 1 amide bonds. The Morgan fingerprint density at radius 1 is 1.48 bits per heavy atom. The lowest BCUT2D eigenvalue weighted by molar-refractivity contribution is -0.122. The van der Waals surface area contributed by atoms with Crippen LogP contribution in [0.15, 0.2) is 28.9 Å². The summed E-state index contributed by atoms with van der Waals surface area (Å²) in [6.07, 6.45) is 3.96. The van der Waals surface area contributed by atoms with Gasteiger partial charge in [0, 0.05) is 31.3 Å². The number of hydrogen-bond donors (Lipinski definition) is 2. The van der Waals surface area contributed by atoms with Crippen molar-refractivity contribution in [3.8, 4) is 0 Å². The Labute approximate surface area is 136 Å². The van der Waals surface area contributed by atoms with E-state index in [0.717, 1.165) is 11.6 Å². The zero-order valence-corrected chi connectivity index (χ0v) is 14.2. The average Bonchev–Trinajstić information content (AvgIpc) is 3.11. The van der Waals surface area contributed by atoms with E-state index in [-0.39, 0.29) is 12.5 Å². The number of carbonyl (C=O) groups excluding carboxylic acids is 1. The van der Waals surface area contributed by atoms with Crippen LogP contribution in [0.3, 0.4) is 0 Å². The third-order valence-corrected chi connectivity index (χ3v) is 3.74. The molecule has 1 atom stereocenters. The zero-order chi connectivity index (χ0) is 17.0. The second-order valence-corrected chi connectivity index (χ2v) is 6.34. The minimum Gasteiger partial charge on any atom is -0.463 e. The van der Waals surface area contributed by atoms with Crippen LogP contribution in [0.25, 0.3) is 0 Å². The molecule has 0 aromatic carbocycles. The van der Waals surface area contributed by atoms with Gasteiger partial charge in [0.1, 0.15) is 22.9 Å². The van der Waals surface area contributed by atoms with Crippen LogP contribution in [0, 0.1) is 6.92 Å². The number of carbonyl (C=O) groups is 1. The van der Waals surface area contributed by atoms with Crippen molar-refractivity contribution >= 4 is 5.91 Å². The molecular formula is C17H25N3O3. The van der Waals surface area contributed by atoms with E-state index in [9.17, 15) is 9.90 Å². The van der Waals surface area contributed by atoms with Crippen LogP contribution in [-0.4, -0.2) is 27.1 Å². The Hall–Kier alpha value is -2.08. The van der Waals surface area contributed by atoms with Gasteiger partial charge in [0.25, 0.3) is 0 Å². The van der Waals surface area contributed by atoms with Crippen molar-refractivity contribution in [1.29, 1.82) is 0 Å². The van der Waals surface area contributed by atoms with Crippen LogP contribution < -0.4 is 5.32 Å². The van der Waals surface area contributed by atoms with Crippen LogP contribution in [0.2, 0.25) is 0 Å². The largest absolute Gasteiger partial charge is 0.463 e. The molecule has 126 valence electrons. The van der Waals surface area contributed by atoms with Gasteiger partial charge in [-0.05, 0) is 26.0 Å². The maximum atomic E-state index is 12.0. The number of nitrogens with zero attached hydrogens (tertiary/aromatic N) is 2. The third kappa shape index (κ3) is 4.45. The Balaban J connectivity index is 1.84. The maximum Gasteiger partial charge on any atom is 0.221 e. The Kier molecular flexibility index (Phi) is 5.26. The second-order valence-electron chi connectivity index (χ2n) is 6.34. The lowest BCUT2D eigenvalue weighted by atomic mass is 10.0. The molecule has 0 spiro atoms. The minimum atomic E-state index is -1.22. The summed E-state index contributed by atoms with van der Waals surface area (Å²) in [5, 5.41) is 13.2. The number of aryl methyl sites for hydroxylation is 2. The molecule has 0 aliphatic heterocycles. The van der Waals surface area contributed by atoms with Crippen LogP contribution in [-0.2, 0) is 16.9 Å². The van der Waals surface area contributed by atoms with Crippen molar-refractivity contribution in [2.75, 3.05) is 6.54 Å². The van der Waals surface area contributed by atoms with E-state index in [1.165, 1.54) is 0 Å². The number of furan rings is 1. The first-order chi connectivity index (χ1) is 10.8. The highest BCUT2D eigenvalue weighted by molar-refractivity contribution is 5.75. The van der Waals surface area contributed by atoms with E-state index in [1.54, 1.807) is 25.3 Å². The monoisotopic (exact) mass is 319 g/mol. The number of nitrogens with one attached hydrogen (secondary N) is 1. The molecule has 0 aliphatic carbocycles. The second kappa shape index (κ2) is 7.00. The molecule has 6 heteroatoms. The summed E-state index contributed by atoms with van der Waals surface area (Å²) < 4.78 is 7.41. The van der Waals surface area contributed by atoms with E-state index < -0.39 is 5.60 Å².